The number of nitrogens with zero attached hydrogens (tertiary/aromatic N) is 3. The van der Waals surface area contributed by atoms with Crippen LogP contribution in [0.25, 0.3) is 11.3 Å². The first-order valence-corrected chi connectivity index (χ1v) is 6.32. The van der Waals surface area contributed by atoms with Gasteiger partial charge < -0.3 is 14.4 Å². The van der Waals surface area contributed by atoms with Crippen LogP contribution in [0, 0.1) is 0 Å². The Hall–Kier alpha value is -2.14. The lowest BCUT2D eigenvalue weighted by atomic mass is 10.1. The lowest BCUT2D eigenvalue weighted by Gasteiger charge is -2.12. The minimum atomic E-state index is 0.743. The quantitative estimate of drug-likeness (QED) is 0.836. The van der Waals surface area contributed by atoms with Crippen molar-refractivity contribution in [3.05, 3.63) is 36.3 Å². The van der Waals surface area contributed by atoms with Crippen LogP contribution in [0.1, 0.15) is 5.69 Å². The molecule has 0 amide bonds. The van der Waals surface area contributed by atoms with Gasteiger partial charge in [0.2, 0.25) is 0 Å². The summed E-state index contributed by atoms with van der Waals surface area (Å²) in [5, 5.41) is 0. The molecule has 2 rings (SSSR count). The smallest absolute Gasteiger partial charge is 0.128 e. The molecule has 0 bridgehead atoms. The molecule has 2 aromatic rings. The van der Waals surface area contributed by atoms with Gasteiger partial charge in [-0.25, -0.2) is 4.98 Å². The summed E-state index contributed by atoms with van der Waals surface area (Å²) in [4.78, 5) is 10.9. The zero-order chi connectivity index (χ0) is 14.5. The highest BCUT2D eigenvalue weighted by Crippen LogP contribution is 2.31. The van der Waals surface area contributed by atoms with Crippen molar-refractivity contribution in [2.45, 2.75) is 6.54 Å². The third-order valence-corrected chi connectivity index (χ3v) is 2.85. The summed E-state index contributed by atoms with van der Waals surface area (Å²) < 4.78 is 10.6. The van der Waals surface area contributed by atoms with E-state index in [1.807, 2.05) is 32.3 Å². The predicted molar refractivity (Wildman–Crippen MR) is 78.0 cm³/mol. The number of hydrogen-bond donors (Lipinski definition) is 0. The molecule has 0 atom stereocenters. The first kappa shape index (κ1) is 14.3. The van der Waals surface area contributed by atoms with Crippen molar-refractivity contribution < 1.29 is 9.47 Å². The molecule has 5 heteroatoms. The van der Waals surface area contributed by atoms with Gasteiger partial charge in [0.15, 0.2) is 0 Å². The Morgan fingerprint density at radius 3 is 2.55 bits per heavy atom. The van der Waals surface area contributed by atoms with E-state index in [0.29, 0.717) is 0 Å². The van der Waals surface area contributed by atoms with Crippen LogP contribution in [-0.4, -0.2) is 43.2 Å². The van der Waals surface area contributed by atoms with Crippen molar-refractivity contribution in [1.29, 1.82) is 0 Å². The van der Waals surface area contributed by atoms with Crippen LogP contribution in [0.15, 0.2) is 30.6 Å². The minimum absolute atomic E-state index is 0.743. The fourth-order valence-electron chi connectivity index (χ4n) is 1.95. The lowest BCUT2D eigenvalue weighted by molar-refractivity contribution is 0.396. The number of methoxy groups -OCH3 is 2. The van der Waals surface area contributed by atoms with Gasteiger partial charge in [-0.1, -0.05) is 0 Å². The van der Waals surface area contributed by atoms with E-state index in [9.17, 15) is 0 Å². The van der Waals surface area contributed by atoms with E-state index in [1.54, 1.807) is 26.6 Å². The highest BCUT2D eigenvalue weighted by Gasteiger charge is 2.10. The van der Waals surface area contributed by atoms with E-state index in [2.05, 4.69) is 14.9 Å². The molecule has 5 nitrogen and oxygen atoms in total. The standard InChI is InChI=1S/C15H19N3O2/c1-18(2)10-11-8-16-9-14(17-11)13-7-12(19-3)5-6-15(13)20-4/h5-9H,10H2,1-4H3. The van der Waals surface area contributed by atoms with E-state index in [-0.39, 0.29) is 0 Å². The average molecular weight is 273 g/mol. The SMILES string of the molecule is COc1ccc(OC)c(-c2cncc(CN(C)C)n2)c1. The largest absolute Gasteiger partial charge is 0.497 e. The molecule has 0 saturated carbocycles. The molecule has 106 valence electrons. The Morgan fingerprint density at radius 1 is 1.10 bits per heavy atom. The van der Waals surface area contributed by atoms with Crippen LogP contribution >= 0.6 is 0 Å². The van der Waals surface area contributed by atoms with Crippen molar-refractivity contribution in [3.63, 3.8) is 0 Å². The van der Waals surface area contributed by atoms with Crippen molar-refractivity contribution in [1.82, 2.24) is 14.9 Å². The average Bonchev–Trinajstić information content (AvgIpc) is 2.46. The summed E-state index contributed by atoms with van der Waals surface area (Å²) in [5.74, 6) is 1.52. The summed E-state index contributed by atoms with van der Waals surface area (Å²) in [6.07, 6.45) is 3.51. The molecule has 0 unspecified atom stereocenters. The molecule has 20 heavy (non-hydrogen) atoms. The molecule has 0 aliphatic carbocycles. The normalized spacial score (nSPS) is 10.7. The fourth-order valence-corrected chi connectivity index (χ4v) is 1.95. The molecule has 0 aliphatic heterocycles. The van der Waals surface area contributed by atoms with Crippen molar-refractivity contribution in [2.75, 3.05) is 28.3 Å². The first-order valence-electron chi connectivity index (χ1n) is 6.32. The van der Waals surface area contributed by atoms with Crippen LogP contribution in [0.3, 0.4) is 0 Å². The van der Waals surface area contributed by atoms with Crippen LogP contribution < -0.4 is 9.47 Å². The highest BCUT2D eigenvalue weighted by atomic mass is 16.5. The van der Waals surface area contributed by atoms with Gasteiger partial charge in [0, 0.05) is 18.3 Å². The van der Waals surface area contributed by atoms with Gasteiger partial charge in [-0.3, -0.25) is 4.98 Å². The van der Waals surface area contributed by atoms with Gasteiger partial charge in [0.05, 0.1) is 31.8 Å². The van der Waals surface area contributed by atoms with Gasteiger partial charge in [0.1, 0.15) is 11.5 Å². The number of ether oxygens (including phenoxy) is 2. The Bertz CT molecular complexity index is 585. The van der Waals surface area contributed by atoms with E-state index >= 15 is 0 Å². The molecule has 0 N–H and O–H groups in total. The lowest BCUT2D eigenvalue weighted by Crippen LogP contribution is -2.12. The number of benzene rings is 1. The molecule has 0 radical (unpaired) electrons. The van der Waals surface area contributed by atoms with Gasteiger partial charge in [-0.15, -0.1) is 0 Å². The van der Waals surface area contributed by atoms with Gasteiger partial charge in [-0.2, -0.15) is 0 Å². The predicted octanol–water partition coefficient (Wildman–Crippen LogP) is 2.22. The third-order valence-electron chi connectivity index (χ3n) is 2.85. The zero-order valence-corrected chi connectivity index (χ0v) is 12.3. The highest BCUT2D eigenvalue weighted by molar-refractivity contribution is 5.68. The Balaban J connectivity index is 2.44. The number of aromatic nitrogens is 2. The van der Waals surface area contributed by atoms with Gasteiger partial charge >= 0.3 is 0 Å². The number of hydrogen-bond acceptors (Lipinski definition) is 5. The summed E-state index contributed by atoms with van der Waals surface area (Å²) >= 11 is 0. The Morgan fingerprint density at radius 2 is 1.90 bits per heavy atom. The Kier molecular flexibility index (Phi) is 4.53. The zero-order valence-electron chi connectivity index (χ0n) is 12.3. The maximum atomic E-state index is 5.39. The third kappa shape index (κ3) is 3.24. The van der Waals surface area contributed by atoms with Gasteiger partial charge in [-0.05, 0) is 32.3 Å². The van der Waals surface area contributed by atoms with E-state index in [0.717, 1.165) is 35.0 Å². The molecule has 0 spiro atoms. The molecule has 0 saturated heterocycles. The van der Waals surface area contributed by atoms with E-state index < -0.39 is 0 Å². The molecule has 1 aromatic carbocycles. The summed E-state index contributed by atoms with van der Waals surface area (Å²) in [6, 6.07) is 5.64. The maximum Gasteiger partial charge on any atom is 0.128 e. The van der Waals surface area contributed by atoms with Crippen LogP contribution in [0.5, 0.6) is 11.5 Å². The summed E-state index contributed by atoms with van der Waals surface area (Å²) in [5.41, 5.74) is 2.57. The van der Waals surface area contributed by atoms with E-state index in [4.69, 9.17) is 9.47 Å². The maximum absolute atomic E-state index is 5.39. The molecule has 0 fully saturated rings. The molecule has 0 aliphatic rings. The Labute approximate surface area is 119 Å². The number of rotatable bonds is 5. The second-order valence-corrected chi connectivity index (χ2v) is 4.70. The molecule has 1 heterocycles. The minimum Gasteiger partial charge on any atom is -0.497 e. The second-order valence-electron chi connectivity index (χ2n) is 4.70. The van der Waals surface area contributed by atoms with Crippen LogP contribution in [0.4, 0.5) is 0 Å². The fraction of sp³-hybridized carbons (Fsp3) is 0.333. The summed E-state index contributed by atoms with van der Waals surface area (Å²) in [6.45, 7) is 0.743. The van der Waals surface area contributed by atoms with Crippen molar-refractivity contribution >= 4 is 0 Å². The van der Waals surface area contributed by atoms with Gasteiger partial charge in [0.25, 0.3) is 0 Å². The van der Waals surface area contributed by atoms with Crippen LogP contribution in [-0.2, 0) is 6.54 Å². The summed E-state index contributed by atoms with van der Waals surface area (Å²) in [7, 11) is 7.28. The monoisotopic (exact) mass is 273 g/mol. The first-order chi connectivity index (χ1) is 9.63. The topological polar surface area (TPSA) is 47.5 Å². The van der Waals surface area contributed by atoms with E-state index in [1.165, 1.54) is 0 Å². The molecular weight excluding hydrogens is 254 g/mol. The molecular formula is C15H19N3O2. The second kappa shape index (κ2) is 6.34. The van der Waals surface area contributed by atoms with Crippen molar-refractivity contribution in [2.24, 2.45) is 0 Å². The van der Waals surface area contributed by atoms with Crippen LogP contribution in [0.2, 0.25) is 0 Å². The molecule has 1 aromatic heterocycles. The van der Waals surface area contributed by atoms with Crippen molar-refractivity contribution in [3.8, 4) is 22.8 Å².